The molecule has 1 N–H and O–H groups in total. The summed E-state index contributed by atoms with van der Waals surface area (Å²) in [5.74, 6) is -0.501. The molecular weight excluding hydrogens is 382 g/mol. The maximum Gasteiger partial charge on any atom is 0.416 e. The smallest absolute Gasteiger partial charge is 0.354 e. The Morgan fingerprint density at radius 3 is 2.63 bits per heavy atom. The molecule has 27 heavy (non-hydrogen) atoms. The Balaban J connectivity index is 1.81. The van der Waals surface area contributed by atoms with E-state index in [2.05, 4.69) is 10.1 Å². The minimum absolute atomic E-state index is 0.000273. The number of aromatic nitrogens is 3. The fraction of sp³-hybridized carbons (Fsp3) is 0.222. The molecule has 1 aromatic heterocycles. The summed E-state index contributed by atoms with van der Waals surface area (Å²) in [6.07, 6.45) is -4.05. The van der Waals surface area contributed by atoms with Gasteiger partial charge in [-0.2, -0.15) is 13.2 Å². The van der Waals surface area contributed by atoms with Gasteiger partial charge >= 0.3 is 6.18 Å². The third-order valence-corrected chi connectivity index (χ3v) is 4.89. The Hall–Kier alpha value is -2.52. The van der Waals surface area contributed by atoms with Crippen LogP contribution in [0.5, 0.6) is 0 Å². The van der Waals surface area contributed by atoms with Crippen LogP contribution in [0.15, 0.2) is 54.9 Å². The molecule has 3 aromatic rings. The predicted octanol–water partition coefficient (Wildman–Crippen LogP) is 4.77. The lowest BCUT2D eigenvalue weighted by molar-refractivity contribution is -0.138. The summed E-state index contributed by atoms with van der Waals surface area (Å²) in [5, 5.41) is 2.81. The van der Waals surface area contributed by atoms with Gasteiger partial charge in [-0.1, -0.05) is 30.3 Å². The van der Waals surface area contributed by atoms with Gasteiger partial charge in [0.05, 0.1) is 12.1 Å². The van der Waals surface area contributed by atoms with Crippen molar-refractivity contribution in [1.29, 1.82) is 0 Å². The number of rotatable bonds is 4. The Labute approximate surface area is 156 Å². The normalized spacial score (nSPS) is 22.0. The molecule has 0 spiro atoms. The molecule has 9 heteroatoms. The second-order valence-electron chi connectivity index (χ2n) is 6.24. The number of epoxide rings is 1. The summed E-state index contributed by atoms with van der Waals surface area (Å²) in [6, 6.07) is 10.9. The lowest BCUT2D eigenvalue weighted by Crippen LogP contribution is -2.21. The summed E-state index contributed by atoms with van der Waals surface area (Å²) in [5.41, 5.74) is -1.53. The van der Waals surface area contributed by atoms with Crippen LogP contribution in [0, 0.1) is 10.6 Å². The van der Waals surface area contributed by atoms with E-state index in [-0.39, 0.29) is 16.9 Å². The second kappa shape index (κ2) is 6.28. The first-order chi connectivity index (χ1) is 12.8. The number of benzene rings is 2. The molecule has 2 unspecified atom stereocenters. The van der Waals surface area contributed by atoms with Crippen molar-refractivity contribution in [3.05, 3.63) is 82.1 Å². The zero-order chi connectivity index (χ0) is 19.2. The van der Waals surface area contributed by atoms with Crippen molar-refractivity contribution in [1.82, 2.24) is 14.8 Å². The molecule has 4 rings (SSSR count). The van der Waals surface area contributed by atoms with Gasteiger partial charge in [0.25, 0.3) is 0 Å². The highest BCUT2D eigenvalue weighted by Crippen LogP contribution is 2.59. The first kappa shape index (κ1) is 17.9. The lowest BCUT2D eigenvalue weighted by Gasteiger charge is -2.16. The Bertz CT molecular complexity index is 1050. The number of alkyl halides is 3. The molecule has 0 amide bonds. The van der Waals surface area contributed by atoms with Gasteiger partial charge in [0.2, 0.25) is 4.77 Å². The van der Waals surface area contributed by atoms with E-state index < -0.39 is 29.3 Å². The molecule has 140 valence electrons. The molecule has 0 radical (unpaired) electrons. The highest BCUT2D eigenvalue weighted by atomic mass is 32.1. The predicted molar refractivity (Wildman–Crippen MR) is 90.8 cm³/mol. The standard InChI is InChI=1S/C18H13F4N3OS/c19-12-5-3-4-11(8-12)17(9-25-16(27)23-10-24-25)15(26-17)13-6-1-2-7-14(13)18(20,21)22/h1-8,10,15H,9H2,(H,23,24,27). The van der Waals surface area contributed by atoms with E-state index in [4.69, 9.17) is 17.0 Å². The summed E-state index contributed by atoms with van der Waals surface area (Å²) < 4.78 is 61.6. The van der Waals surface area contributed by atoms with Gasteiger partial charge in [0.1, 0.15) is 23.8 Å². The van der Waals surface area contributed by atoms with Crippen LogP contribution >= 0.6 is 12.2 Å². The van der Waals surface area contributed by atoms with E-state index in [1.165, 1.54) is 47.4 Å². The zero-order valence-corrected chi connectivity index (χ0v) is 14.5. The fourth-order valence-electron chi connectivity index (χ4n) is 3.28. The number of hydrogen-bond acceptors (Lipinski definition) is 3. The van der Waals surface area contributed by atoms with Crippen molar-refractivity contribution >= 4 is 12.2 Å². The summed E-state index contributed by atoms with van der Waals surface area (Å²) in [6.45, 7) is 0.0755. The molecule has 0 bridgehead atoms. The molecule has 1 aliphatic heterocycles. The number of nitrogens with one attached hydrogen (secondary N) is 1. The molecule has 0 aliphatic carbocycles. The van der Waals surface area contributed by atoms with Crippen molar-refractivity contribution in [2.45, 2.75) is 24.4 Å². The molecule has 1 fully saturated rings. The van der Waals surface area contributed by atoms with Gasteiger partial charge in [-0.15, -0.1) is 0 Å². The fourth-order valence-corrected chi connectivity index (χ4v) is 3.45. The van der Waals surface area contributed by atoms with Crippen LogP contribution < -0.4 is 0 Å². The minimum Gasteiger partial charge on any atom is -0.354 e. The third-order valence-electron chi connectivity index (χ3n) is 4.57. The Morgan fingerprint density at radius 2 is 1.96 bits per heavy atom. The lowest BCUT2D eigenvalue weighted by atomic mass is 9.89. The van der Waals surface area contributed by atoms with Crippen molar-refractivity contribution in [3.63, 3.8) is 0 Å². The van der Waals surface area contributed by atoms with Gasteiger partial charge < -0.3 is 4.74 Å². The van der Waals surface area contributed by atoms with Gasteiger partial charge in [-0.3, -0.25) is 9.78 Å². The largest absolute Gasteiger partial charge is 0.416 e. The first-order valence-corrected chi connectivity index (χ1v) is 8.42. The third kappa shape index (κ3) is 3.17. The maximum atomic E-state index is 13.8. The molecule has 4 nitrogen and oxygen atoms in total. The van der Waals surface area contributed by atoms with Gasteiger partial charge in [0, 0.05) is 0 Å². The highest BCUT2D eigenvalue weighted by molar-refractivity contribution is 7.71. The average Bonchev–Trinajstić information content (AvgIpc) is 3.22. The quantitative estimate of drug-likeness (QED) is 0.393. The Morgan fingerprint density at radius 1 is 1.19 bits per heavy atom. The van der Waals surface area contributed by atoms with Crippen LogP contribution in [0.4, 0.5) is 17.6 Å². The van der Waals surface area contributed by atoms with Crippen LogP contribution in [-0.4, -0.2) is 14.8 Å². The van der Waals surface area contributed by atoms with E-state index in [1.54, 1.807) is 6.07 Å². The van der Waals surface area contributed by atoms with E-state index in [1.807, 2.05) is 0 Å². The van der Waals surface area contributed by atoms with Crippen LogP contribution in [0.2, 0.25) is 0 Å². The summed E-state index contributed by atoms with van der Waals surface area (Å²) >= 11 is 5.11. The highest BCUT2D eigenvalue weighted by Gasteiger charge is 2.60. The topological polar surface area (TPSA) is 46.1 Å². The molecule has 2 aromatic carbocycles. The monoisotopic (exact) mass is 395 g/mol. The van der Waals surface area contributed by atoms with Crippen LogP contribution in [0.25, 0.3) is 0 Å². The molecule has 2 heterocycles. The number of aromatic amines is 1. The molecule has 0 saturated carbocycles. The van der Waals surface area contributed by atoms with E-state index in [0.29, 0.717) is 5.56 Å². The maximum absolute atomic E-state index is 13.8. The Kier molecular flexibility index (Phi) is 4.15. The number of nitrogens with zero attached hydrogens (tertiary/aromatic N) is 2. The average molecular weight is 395 g/mol. The van der Waals surface area contributed by atoms with Crippen molar-refractivity contribution in [2.24, 2.45) is 0 Å². The van der Waals surface area contributed by atoms with Gasteiger partial charge in [-0.25, -0.2) is 9.37 Å². The number of halogens is 4. The number of ether oxygens (including phenoxy) is 1. The zero-order valence-electron chi connectivity index (χ0n) is 13.7. The first-order valence-electron chi connectivity index (χ1n) is 8.01. The molecule has 1 aliphatic rings. The summed E-state index contributed by atoms with van der Waals surface area (Å²) in [7, 11) is 0. The van der Waals surface area contributed by atoms with Crippen LogP contribution in [0.3, 0.4) is 0 Å². The number of hydrogen-bond donors (Lipinski definition) is 1. The molecular formula is C18H13F4N3OS. The number of H-pyrrole nitrogens is 1. The second-order valence-corrected chi connectivity index (χ2v) is 6.60. The van der Waals surface area contributed by atoms with Crippen molar-refractivity contribution in [2.75, 3.05) is 0 Å². The van der Waals surface area contributed by atoms with Crippen LogP contribution in [0.1, 0.15) is 22.8 Å². The molecule has 2 atom stereocenters. The van der Waals surface area contributed by atoms with Crippen molar-refractivity contribution in [3.8, 4) is 0 Å². The van der Waals surface area contributed by atoms with Gasteiger partial charge in [0.15, 0.2) is 0 Å². The van der Waals surface area contributed by atoms with E-state index >= 15 is 0 Å². The summed E-state index contributed by atoms with van der Waals surface area (Å²) in [4.78, 5) is 3.91. The van der Waals surface area contributed by atoms with Crippen molar-refractivity contribution < 1.29 is 22.3 Å². The van der Waals surface area contributed by atoms with E-state index in [0.717, 1.165) is 6.07 Å². The van der Waals surface area contributed by atoms with Crippen LogP contribution in [-0.2, 0) is 23.1 Å². The van der Waals surface area contributed by atoms with E-state index in [9.17, 15) is 17.6 Å². The minimum atomic E-state index is -4.53. The van der Waals surface area contributed by atoms with Gasteiger partial charge in [-0.05, 0) is 41.5 Å². The SMILES string of the molecule is Fc1cccc(C2(Cn3[nH]cnc3=S)OC2c2ccccc2C(F)(F)F)c1. The molecule has 1 saturated heterocycles.